The van der Waals surface area contributed by atoms with E-state index < -0.39 is 20.0 Å². The van der Waals surface area contributed by atoms with Gasteiger partial charge in [-0.3, -0.25) is 9.23 Å². The Morgan fingerprint density at radius 2 is 1.96 bits per heavy atom. The third-order valence-corrected chi connectivity index (χ3v) is 5.80. The van der Waals surface area contributed by atoms with Crippen LogP contribution >= 0.6 is 0 Å². The molecule has 0 aliphatic carbocycles. The first kappa shape index (κ1) is 16.9. The summed E-state index contributed by atoms with van der Waals surface area (Å²) in [5.41, 5.74) is 2.48. The van der Waals surface area contributed by atoms with Crippen molar-refractivity contribution in [3.63, 3.8) is 0 Å². The van der Waals surface area contributed by atoms with Gasteiger partial charge in [0.15, 0.2) is 9.84 Å². The van der Waals surface area contributed by atoms with Crippen molar-refractivity contribution in [3.8, 4) is 0 Å². The van der Waals surface area contributed by atoms with Gasteiger partial charge < -0.3 is 0 Å². The molecular formula is C15H16N2O5S2. The molecule has 3 rings (SSSR count). The molecule has 9 heteroatoms. The Hall–Kier alpha value is -1.97. The lowest BCUT2D eigenvalue weighted by Gasteiger charge is -2.11. The zero-order valence-corrected chi connectivity index (χ0v) is 14.3. The second kappa shape index (κ2) is 6.15. The number of rotatable bonds is 4. The van der Waals surface area contributed by atoms with E-state index in [1.807, 2.05) is 30.3 Å². The van der Waals surface area contributed by atoms with Crippen LogP contribution in [0.3, 0.4) is 0 Å². The quantitative estimate of drug-likeness (QED) is 0.815. The first-order valence-electron chi connectivity index (χ1n) is 7.22. The maximum absolute atomic E-state index is 11.9. The Morgan fingerprint density at radius 1 is 1.25 bits per heavy atom. The van der Waals surface area contributed by atoms with E-state index in [-0.39, 0.29) is 11.5 Å². The van der Waals surface area contributed by atoms with E-state index in [2.05, 4.69) is 5.10 Å². The number of sulfone groups is 1. The van der Waals surface area contributed by atoms with Gasteiger partial charge in [-0.1, -0.05) is 30.3 Å². The van der Waals surface area contributed by atoms with Gasteiger partial charge in [-0.05, 0) is 11.6 Å². The molecule has 0 atom stereocenters. The van der Waals surface area contributed by atoms with Gasteiger partial charge in [-0.25, -0.2) is 8.42 Å². The standard InChI is InChI=1S/C15H16N2O5S2/c18-23(19)8-6-14-13(11-23)15(7-9-24(20,21)22)17(16-14)10-12-4-2-1-3-5-12/h1-5,7,9H,6,8,10-11H2,(H,20,21,22)/b9-7+. The molecular weight excluding hydrogens is 352 g/mol. The molecule has 0 fully saturated rings. The SMILES string of the molecule is O=S(=O)(O)/C=C/c1c2c(nn1Cc1ccccc1)CCS(=O)(=O)C2. The molecule has 1 aromatic carbocycles. The van der Waals surface area contributed by atoms with Crippen LogP contribution in [0.25, 0.3) is 6.08 Å². The molecule has 1 N–H and O–H groups in total. The fraction of sp³-hybridized carbons (Fsp3) is 0.267. The van der Waals surface area contributed by atoms with Gasteiger partial charge in [0.2, 0.25) is 0 Å². The predicted octanol–water partition coefficient (Wildman–Crippen LogP) is 1.26. The van der Waals surface area contributed by atoms with Gasteiger partial charge in [0.25, 0.3) is 10.1 Å². The van der Waals surface area contributed by atoms with Crippen molar-refractivity contribution in [3.05, 3.63) is 58.3 Å². The van der Waals surface area contributed by atoms with E-state index in [4.69, 9.17) is 4.55 Å². The summed E-state index contributed by atoms with van der Waals surface area (Å²) >= 11 is 0. The highest BCUT2D eigenvalue weighted by Gasteiger charge is 2.27. The third kappa shape index (κ3) is 3.92. The van der Waals surface area contributed by atoms with Gasteiger partial charge in [-0.15, -0.1) is 0 Å². The summed E-state index contributed by atoms with van der Waals surface area (Å²) in [5, 5.41) is 5.08. The molecule has 0 amide bonds. The maximum atomic E-state index is 11.9. The molecule has 1 aliphatic rings. The molecule has 0 saturated carbocycles. The summed E-state index contributed by atoms with van der Waals surface area (Å²) in [6, 6.07) is 9.42. The monoisotopic (exact) mass is 368 g/mol. The third-order valence-electron chi connectivity index (χ3n) is 3.76. The Bertz CT molecular complexity index is 990. The Balaban J connectivity index is 2.08. The highest BCUT2D eigenvalue weighted by molar-refractivity contribution is 7.90. The van der Waals surface area contributed by atoms with Gasteiger partial charge >= 0.3 is 0 Å². The van der Waals surface area contributed by atoms with Crippen LogP contribution in [0, 0.1) is 0 Å². The molecule has 0 bridgehead atoms. The average Bonchev–Trinajstić information content (AvgIpc) is 2.81. The van der Waals surface area contributed by atoms with E-state index in [0.29, 0.717) is 35.3 Å². The van der Waals surface area contributed by atoms with Crippen molar-refractivity contribution in [2.75, 3.05) is 5.75 Å². The number of nitrogens with zero attached hydrogens (tertiary/aromatic N) is 2. The highest BCUT2D eigenvalue weighted by atomic mass is 32.2. The van der Waals surface area contributed by atoms with E-state index in [1.165, 1.54) is 6.08 Å². The second-order valence-electron chi connectivity index (χ2n) is 5.61. The van der Waals surface area contributed by atoms with Crippen molar-refractivity contribution >= 4 is 26.0 Å². The lowest BCUT2D eigenvalue weighted by atomic mass is 10.1. The van der Waals surface area contributed by atoms with Crippen LogP contribution < -0.4 is 0 Å². The van der Waals surface area contributed by atoms with E-state index in [0.717, 1.165) is 5.56 Å². The minimum absolute atomic E-state index is 0.0316. The second-order valence-corrected chi connectivity index (χ2v) is 9.10. The van der Waals surface area contributed by atoms with Gasteiger partial charge in [0.1, 0.15) is 0 Å². The van der Waals surface area contributed by atoms with Crippen LogP contribution in [0.5, 0.6) is 0 Å². The molecule has 2 heterocycles. The van der Waals surface area contributed by atoms with Crippen molar-refractivity contribution in [2.45, 2.75) is 18.7 Å². The number of hydrogen-bond donors (Lipinski definition) is 1. The van der Waals surface area contributed by atoms with Gasteiger partial charge in [0.05, 0.1) is 34.8 Å². The minimum Gasteiger partial charge on any atom is -0.282 e. The Labute approximate surface area is 140 Å². The Kier molecular flexibility index (Phi) is 4.33. The van der Waals surface area contributed by atoms with Gasteiger partial charge in [-0.2, -0.15) is 13.5 Å². The molecule has 0 spiro atoms. The summed E-state index contributed by atoms with van der Waals surface area (Å²) in [4.78, 5) is 0. The summed E-state index contributed by atoms with van der Waals surface area (Å²) in [5.74, 6) is -0.147. The zero-order chi connectivity index (χ0) is 17.4. The van der Waals surface area contributed by atoms with Gasteiger partial charge in [0, 0.05) is 12.0 Å². The molecule has 0 radical (unpaired) electrons. The topological polar surface area (TPSA) is 106 Å². The zero-order valence-electron chi connectivity index (χ0n) is 12.7. The highest BCUT2D eigenvalue weighted by Crippen LogP contribution is 2.25. The van der Waals surface area contributed by atoms with Crippen LogP contribution in [-0.2, 0) is 38.7 Å². The smallest absolute Gasteiger partial charge is 0.282 e. The first-order valence-corrected chi connectivity index (χ1v) is 10.5. The fourth-order valence-corrected chi connectivity index (χ4v) is 4.38. The average molecular weight is 368 g/mol. The summed E-state index contributed by atoms with van der Waals surface area (Å²) in [6.07, 6.45) is 1.50. The lowest BCUT2D eigenvalue weighted by Crippen LogP contribution is -2.18. The molecule has 24 heavy (non-hydrogen) atoms. The lowest BCUT2D eigenvalue weighted by molar-refractivity contribution is 0.494. The molecule has 1 aliphatic heterocycles. The molecule has 2 aromatic rings. The molecule has 128 valence electrons. The fourth-order valence-electron chi connectivity index (χ4n) is 2.68. The number of hydrogen-bond acceptors (Lipinski definition) is 5. The van der Waals surface area contributed by atoms with Crippen molar-refractivity contribution in [1.82, 2.24) is 9.78 Å². The normalized spacial score (nSPS) is 17.0. The van der Waals surface area contributed by atoms with Crippen molar-refractivity contribution in [2.24, 2.45) is 0 Å². The van der Waals surface area contributed by atoms with Crippen LogP contribution in [0.15, 0.2) is 35.7 Å². The molecule has 0 saturated heterocycles. The molecule has 1 aromatic heterocycles. The van der Waals surface area contributed by atoms with Crippen LogP contribution in [0.2, 0.25) is 0 Å². The van der Waals surface area contributed by atoms with Crippen molar-refractivity contribution < 1.29 is 21.4 Å². The number of aryl methyl sites for hydroxylation is 1. The maximum Gasteiger partial charge on any atom is 0.287 e. The summed E-state index contributed by atoms with van der Waals surface area (Å²) in [7, 11) is -7.55. The van der Waals surface area contributed by atoms with Crippen LogP contribution in [0.1, 0.15) is 22.5 Å². The summed E-state index contributed by atoms with van der Waals surface area (Å²) in [6.45, 7) is 0.374. The van der Waals surface area contributed by atoms with E-state index >= 15 is 0 Å². The molecule has 7 nitrogen and oxygen atoms in total. The van der Waals surface area contributed by atoms with E-state index in [1.54, 1.807) is 4.68 Å². The van der Waals surface area contributed by atoms with Crippen molar-refractivity contribution in [1.29, 1.82) is 0 Å². The molecule has 0 unspecified atom stereocenters. The largest absolute Gasteiger partial charge is 0.287 e. The number of benzene rings is 1. The van der Waals surface area contributed by atoms with Crippen LogP contribution in [-0.4, -0.2) is 36.9 Å². The number of aromatic nitrogens is 2. The predicted molar refractivity (Wildman–Crippen MR) is 89.5 cm³/mol. The van der Waals surface area contributed by atoms with E-state index in [9.17, 15) is 16.8 Å². The first-order chi connectivity index (χ1) is 11.2. The Morgan fingerprint density at radius 3 is 2.62 bits per heavy atom. The van der Waals surface area contributed by atoms with Crippen LogP contribution in [0.4, 0.5) is 0 Å². The number of fused-ring (bicyclic) bond motifs is 1. The summed E-state index contributed by atoms with van der Waals surface area (Å²) < 4.78 is 56.3. The minimum atomic E-state index is -4.32.